The Labute approximate surface area is 259 Å². The van der Waals surface area contributed by atoms with E-state index in [0.717, 1.165) is 0 Å². The first-order chi connectivity index (χ1) is 20.7. The molecule has 220 valence electrons. The van der Waals surface area contributed by atoms with Gasteiger partial charge in [0.2, 0.25) is 0 Å². The van der Waals surface area contributed by atoms with Crippen LogP contribution in [0.3, 0.4) is 0 Å². The van der Waals surface area contributed by atoms with Crippen molar-refractivity contribution in [2.45, 2.75) is 26.8 Å². The van der Waals surface area contributed by atoms with Crippen LogP contribution in [0.2, 0.25) is 0 Å². The number of esters is 1. The van der Waals surface area contributed by atoms with Gasteiger partial charge in [0.05, 0.1) is 40.0 Å². The molecule has 0 unspecified atom stereocenters. The highest BCUT2D eigenvalue weighted by atomic mass is 79.9. The van der Waals surface area contributed by atoms with Crippen molar-refractivity contribution < 1.29 is 23.8 Å². The number of hydrogen-bond donors (Lipinski definition) is 1. The summed E-state index contributed by atoms with van der Waals surface area (Å²) in [5, 5.41) is 2.95. The van der Waals surface area contributed by atoms with Gasteiger partial charge in [0.25, 0.3) is 11.5 Å². The fourth-order valence-electron chi connectivity index (χ4n) is 4.79. The SMILES string of the molecule is CCOc1cc(/C=c2\sc3n(c2=O)[C@@H](c2cccc(OC)c2)C(C(=O)Nc2ccccc2)=C(C)N=3)cc(Br)c1OC(C)=O. The summed E-state index contributed by atoms with van der Waals surface area (Å²) in [5.74, 6) is 0.369. The number of halogens is 1. The van der Waals surface area contributed by atoms with Gasteiger partial charge in [0.1, 0.15) is 5.75 Å². The minimum absolute atomic E-state index is 0.260. The van der Waals surface area contributed by atoms with Crippen molar-refractivity contribution in [3.8, 4) is 17.2 Å². The fourth-order valence-corrected chi connectivity index (χ4v) is 6.37. The van der Waals surface area contributed by atoms with Crippen LogP contribution in [0.15, 0.2) is 92.3 Å². The number of carbonyl (C=O) groups excluding carboxylic acids is 2. The third kappa shape index (κ3) is 6.32. The first-order valence-electron chi connectivity index (χ1n) is 13.4. The molecule has 1 aliphatic rings. The van der Waals surface area contributed by atoms with Crippen LogP contribution in [-0.2, 0) is 9.59 Å². The zero-order valence-corrected chi connectivity index (χ0v) is 26.2. The molecule has 11 heteroatoms. The first-order valence-corrected chi connectivity index (χ1v) is 15.0. The van der Waals surface area contributed by atoms with Gasteiger partial charge in [0.15, 0.2) is 16.3 Å². The Kier molecular flexibility index (Phi) is 8.93. The predicted octanol–water partition coefficient (Wildman–Crippen LogP) is 4.97. The van der Waals surface area contributed by atoms with Crippen LogP contribution in [-0.4, -0.2) is 30.2 Å². The molecular weight excluding hydrogens is 634 g/mol. The summed E-state index contributed by atoms with van der Waals surface area (Å²) in [5.41, 5.74) is 2.51. The van der Waals surface area contributed by atoms with Gasteiger partial charge in [-0.15, -0.1) is 0 Å². The quantitative estimate of drug-likeness (QED) is 0.211. The number of methoxy groups -OCH3 is 1. The van der Waals surface area contributed by atoms with Crippen molar-refractivity contribution in [2.75, 3.05) is 19.0 Å². The predicted molar refractivity (Wildman–Crippen MR) is 168 cm³/mol. The van der Waals surface area contributed by atoms with Crippen molar-refractivity contribution >= 4 is 50.9 Å². The van der Waals surface area contributed by atoms with Gasteiger partial charge in [-0.1, -0.05) is 41.7 Å². The van der Waals surface area contributed by atoms with Gasteiger partial charge in [-0.05, 0) is 83.4 Å². The van der Waals surface area contributed by atoms with Gasteiger partial charge in [-0.3, -0.25) is 19.0 Å². The molecule has 4 aromatic rings. The molecule has 1 N–H and O–H groups in total. The maximum absolute atomic E-state index is 14.1. The van der Waals surface area contributed by atoms with Crippen molar-refractivity contribution in [1.82, 2.24) is 4.57 Å². The Hall–Kier alpha value is -4.48. The third-order valence-electron chi connectivity index (χ3n) is 6.58. The summed E-state index contributed by atoms with van der Waals surface area (Å²) in [4.78, 5) is 44.6. The maximum Gasteiger partial charge on any atom is 0.308 e. The molecule has 0 saturated carbocycles. The molecule has 0 bridgehead atoms. The van der Waals surface area contributed by atoms with E-state index in [0.29, 0.717) is 60.0 Å². The van der Waals surface area contributed by atoms with Crippen LogP contribution in [0.4, 0.5) is 5.69 Å². The highest BCUT2D eigenvalue weighted by molar-refractivity contribution is 9.10. The van der Waals surface area contributed by atoms with Gasteiger partial charge in [-0.25, -0.2) is 4.99 Å². The minimum Gasteiger partial charge on any atom is -0.497 e. The molecule has 1 aliphatic heterocycles. The van der Waals surface area contributed by atoms with Crippen LogP contribution in [0.25, 0.3) is 6.08 Å². The maximum atomic E-state index is 14.1. The van der Waals surface area contributed by atoms with E-state index in [1.807, 2.05) is 43.3 Å². The van der Waals surface area contributed by atoms with E-state index in [-0.39, 0.29) is 17.2 Å². The Bertz CT molecular complexity index is 1930. The van der Waals surface area contributed by atoms with E-state index in [1.165, 1.54) is 18.3 Å². The monoisotopic (exact) mass is 661 g/mol. The third-order valence-corrected chi connectivity index (χ3v) is 8.15. The normalized spacial score (nSPS) is 14.5. The number of para-hydroxylation sites is 1. The fraction of sp³-hybridized carbons (Fsp3) is 0.188. The molecule has 0 fully saturated rings. The van der Waals surface area contributed by atoms with Gasteiger partial charge in [-0.2, -0.15) is 0 Å². The number of amides is 1. The zero-order chi connectivity index (χ0) is 30.7. The molecule has 0 aliphatic carbocycles. The topological polar surface area (TPSA) is 108 Å². The highest BCUT2D eigenvalue weighted by Crippen LogP contribution is 2.37. The van der Waals surface area contributed by atoms with Crippen molar-refractivity contribution in [1.29, 1.82) is 0 Å². The van der Waals surface area contributed by atoms with Crippen LogP contribution in [0.1, 0.15) is 37.9 Å². The number of carbonyl (C=O) groups is 2. The number of hydrogen-bond acceptors (Lipinski definition) is 8. The largest absolute Gasteiger partial charge is 0.497 e. The second kappa shape index (κ2) is 12.8. The molecule has 5 rings (SSSR count). The van der Waals surface area contributed by atoms with Crippen molar-refractivity contribution in [3.63, 3.8) is 0 Å². The number of fused-ring (bicyclic) bond motifs is 1. The molecule has 3 aromatic carbocycles. The lowest BCUT2D eigenvalue weighted by atomic mass is 9.95. The van der Waals surface area contributed by atoms with E-state index >= 15 is 0 Å². The molecule has 0 saturated heterocycles. The summed E-state index contributed by atoms with van der Waals surface area (Å²) < 4.78 is 19.0. The Morgan fingerprint density at radius 1 is 1.12 bits per heavy atom. The Morgan fingerprint density at radius 2 is 1.88 bits per heavy atom. The van der Waals surface area contributed by atoms with Crippen LogP contribution in [0.5, 0.6) is 17.2 Å². The number of nitrogens with one attached hydrogen (secondary N) is 1. The number of anilines is 1. The summed E-state index contributed by atoms with van der Waals surface area (Å²) in [6, 6.07) is 19.1. The second-order valence-electron chi connectivity index (χ2n) is 9.54. The van der Waals surface area contributed by atoms with E-state index < -0.39 is 12.0 Å². The van der Waals surface area contributed by atoms with Crippen LogP contribution >= 0.6 is 27.3 Å². The molecule has 43 heavy (non-hydrogen) atoms. The number of ether oxygens (including phenoxy) is 3. The van der Waals surface area contributed by atoms with Gasteiger partial charge in [0, 0.05) is 12.6 Å². The zero-order valence-electron chi connectivity index (χ0n) is 23.8. The summed E-state index contributed by atoms with van der Waals surface area (Å²) >= 11 is 4.68. The summed E-state index contributed by atoms with van der Waals surface area (Å²) in [6.07, 6.45) is 1.72. The van der Waals surface area contributed by atoms with Crippen LogP contribution in [0, 0.1) is 0 Å². The molecular formula is C32H28BrN3O6S. The number of nitrogens with zero attached hydrogens (tertiary/aromatic N) is 2. The summed E-state index contributed by atoms with van der Waals surface area (Å²) in [6.45, 7) is 5.25. The minimum atomic E-state index is -0.755. The Balaban J connectivity index is 1.67. The molecule has 1 amide bonds. The van der Waals surface area contributed by atoms with Crippen molar-refractivity contribution in [2.24, 2.45) is 4.99 Å². The first kappa shape index (κ1) is 30.0. The molecule has 1 atom stereocenters. The lowest BCUT2D eigenvalue weighted by Gasteiger charge is -2.25. The van der Waals surface area contributed by atoms with Gasteiger partial charge < -0.3 is 19.5 Å². The van der Waals surface area contributed by atoms with Crippen LogP contribution < -0.4 is 34.4 Å². The lowest BCUT2D eigenvalue weighted by Crippen LogP contribution is -2.40. The second-order valence-corrected chi connectivity index (χ2v) is 11.4. The number of rotatable bonds is 8. The van der Waals surface area contributed by atoms with Gasteiger partial charge >= 0.3 is 5.97 Å². The number of allylic oxidation sites excluding steroid dienone is 1. The van der Waals surface area contributed by atoms with Crippen molar-refractivity contribution in [3.05, 3.63) is 113 Å². The lowest BCUT2D eigenvalue weighted by molar-refractivity contribution is -0.132. The number of benzene rings is 3. The molecule has 0 spiro atoms. The Morgan fingerprint density at radius 3 is 2.58 bits per heavy atom. The molecule has 9 nitrogen and oxygen atoms in total. The number of aromatic nitrogens is 1. The number of thiazole rings is 1. The van der Waals surface area contributed by atoms with E-state index in [1.54, 1.807) is 55.0 Å². The average Bonchev–Trinajstić information content (AvgIpc) is 3.28. The average molecular weight is 663 g/mol. The standard InChI is InChI=1S/C32H28BrN3O6S/c1-5-41-25-15-20(14-24(33)29(25)42-19(3)37)16-26-31(39)36-28(21-10-9-13-23(17-21)40-4)27(18(2)34-32(36)43-26)30(38)35-22-11-7-6-8-12-22/h6-17,28H,5H2,1-4H3,(H,35,38)/b26-16-/t28-/m0/s1. The smallest absolute Gasteiger partial charge is 0.308 e. The van der Waals surface area contributed by atoms with E-state index in [9.17, 15) is 14.4 Å². The van der Waals surface area contributed by atoms with E-state index in [2.05, 4.69) is 21.2 Å². The van der Waals surface area contributed by atoms with E-state index in [4.69, 9.17) is 19.2 Å². The molecule has 1 aromatic heterocycles. The molecule has 2 heterocycles. The summed E-state index contributed by atoms with van der Waals surface area (Å²) in [7, 11) is 1.57. The highest BCUT2D eigenvalue weighted by Gasteiger charge is 2.33. The molecule has 0 radical (unpaired) electrons.